The van der Waals surface area contributed by atoms with E-state index in [1.807, 2.05) is 6.92 Å². The van der Waals surface area contributed by atoms with Crippen molar-refractivity contribution in [3.63, 3.8) is 0 Å². The van der Waals surface area contributed by atoms with E-state index in [4.69, 9.17) is 9.63 Å². The van der Waals surface area contributed by atoms with Crippen LogP contribution in [0.15, 0.2) is 35.0 Å². The number of amides is 5. The average Bonchev–Trinajstić information content (AvgIpc) is 3.57. The molecular formula is C29H42N7O7+. The molecule has 2 atom stereocenters. The number of aromatic nitrogens is 2. The van der Waals surface area contributed by atoms with Crippen LogP contribution in [0.3, 0.4) is 0 Å². The molecule has 1 aliphatic heterocycles. The molecule has 5 amide bonds. The van der Waals surface area contributed by atoms with E-state index in [9.17, 15) is 24.0 Å². The number of rotatable bonds is 19. The Balaban J connectivity index is 1.13. The number of nitrogens with zero attached hydrogens (tertiary/aromatic N) is 2. The molecule has 0 spiro atoms. The van der Waals surface area contributed by atoms with Crippen LogP contribution in [0.1, 0.15) is 87.9 Å². The van der Waals surface area contributed by atoms with E-state index < -0.39 is 12.0 Å². The van der Waals surface area contributed by atoms with Crippen molar-refractivity contribution < 1.29 is 38.3 Å². The molecule has 2 heterocycles. The van der Waals surface area contributed by atoms with E-state index in [0.717, 1.165) is 44.9 Å². The third kappa shape index (κ3) is 12.1. The van der Waals surface area contributed by atoms with E-state index in [1.165, 1.54) is 23.0 Å². The van der Waals surface area contributed by atoms with Gasteiger partial charge in [-0.25, -0.2) is 14.4 Å². The molecule has 14 heteroatoms. The maximum atomic E-state index is 12.1. The van der Waals surface area contributed by atoms with Gasteiger partial charge in [-0.05, 0) is 55.8 Å². The van der Waals surface area contributed by atoms with Gasteiger partial charge in [-0.1, -0.05) is 19.3 Å². The zero-order chi connectivity index (χ0) is 31.0. The van der Waals surface area contributed by atoms with Crippen LogP contribution in [-0.4, -0.2) is 65.3 Å². The summed E-state index contributed by atoms with van der Waals surface area (Å²) in [6.07, 6.45) is 9.40. The molecule has 0 saturated carbocycles. The SMILES string of the molecule is CC1NC(=O)NC1CCCCCC(=O)NCCCCCC(=O)CCCNC(=O)Nc1c[n+](-c2ccc(C(=O)O)cc2)no1. The van der Waals surface area contributed by atoms with E-state index in [0.29, 0.717) is 44.5 Å². The maximum Gasteiger partial charge on any atom is 0.335 e. The van der Waals surface area contributed by atoms with Crippen molar-refractivity contribution in [1.29, 1.82) is 0 Å². The maximum absolute atomic E-state index is 12.1. The molecule has 0 radical (unpaired) electrons. The van der Waals surface area contributed by atoms with Crippen molar-refractivity contribution in [2.75, 3.05) is 18.4 Å². The standard InChI is InChI=1S/C29H41N7O7/c1-20-24(33-29(42)32-20)11-5-2-6-12-25(38)30-17-7-3-4-9-23(37)10-8-18-31-28(41)34-26-19-36(35-43-26)22-15-13-21(14-16-22)27(39)40/h13-16,19-20,24H,2-12,17-18H2,1H3,(H5-,30,31,32,33,34,35,38,39,40,41,42)/p+1. The summed E-state index contributed by atoms with van der Waals surface area (Å²) in [4.78, 5) is 58.5. The number of urea groups is 2. The Morgan fingerprint density at radius 3 is 2.33 bits per heavy atom. The van der Waals surface area contributed by atoms with Crippen LogP contribution in [0, 0.1) is 0 Å². The number of Topliss-reactive ketones (excluding diaryl/α,β-unsaturated/α-hetero) is 1. The lowest BCUT2D eigenvalue weighted by atomic mass is 10.0. The summed E-state index contributed by atoms with van der Waals surface area (Å²) >= 11 is 0. The van der Waals surface area contributed by atoms with Gasteiger partial charge in [0.2, 0.25) is 16.9 Å². The minimum absolute atomic E-state index is 0.0478. The normalized spacial score (nSPS) is 15.8. The molecule has 2 unspecified atom stereocenters. The second-order valence-corrected chi connectivity index (χ2v) is 10.7. The first-order valence-electron chi connectivity index (χ1n) is 14.8. The molecule has 1 aromatic heterocycles. The number of benzene rings is 1. The number of hydrogen-bond acceptors (Lipinski definition) is 7. The Hall–Kier alpha value is -4.49. The van der Waals surface area contributed by atoms with E-state index in [2.05, 4.69) is 31.9 Å². The second-order valence-electron chi connectivity index (χ2n) is 10.7. The summed E-state index contributed by atoms with van der Waals surface area (Å²) < 4.78 is 6.44. The van der Waals surface area contributed by atoms with E-state index in [-0.39, 0.29) is 41.3 Å². The smallest absolute Gasteiger partial charge is 0.335 e. The van der Waals surface area contributed by atoms with Crippen molar-refractivity contribution in [1.82, 2.24) is 26.5 Å². The van der Waals surface area contributed by atoms with Crippen LogP contribution in [0.4, 0.5) is 15.5 Å². The first-order valence-corrected chi connectivity index (χ1v) is 14.8. The summed E-state index contributed by atoms with van der Waals surface area (Å²) in [6.45, 7) is 2.91. The van der Waals surface area contributed by atoms with Crippen molar-refractivity contribution in [3.05, 3.63) is 36.0 Å². The number of ketones is 1. The van der Waals surface area contributed by atoms with Gasteiger partial charge in [0.05, 0.1) is 11.6 Å². The number of carboxylic acids is 1. The summed E-state index contributed by atoms with van der Waals surface area (Å²) in [7, 11) is 0. The Bertz CT molecular complexity index is 1230. The van der Waals surface area contributed by atoms with Crippen LogP contribution in [-0.2, 0) is 9.59 Å². The van der Waals surface area contributed by atoms with Gasteiger partial charge in [-0.3, -0.25) is 19.4 Å². The number of unbranched alkanes of at least 4 members (excludes halogenated alkanes) is 4. The van der Waals surface area contributed by atoms with Gasteiger partial charge in [0.1, 0.15) is 5.78 Å². The molecule has 2 aromatic rings. The molecule has 1 saturated heterocycles. The molecule has 14 nitrogen and oxygen atoms in total. The Labute approximate surface area is 250 Å². The third-order valence-corrected chi connectivity index (χ3v) is 7.15. The first kappa shape index (κ1) is 33.0. The van der Waals surface area contributed by atoms with Gasteiger partial charge >= 0.3 is 23.9 Å². The number of carbonyl (C=O) groups excluding carboxylic acids is 4. The number of aromatic carboxylic acids is 1. The number of nitrogens with one attached hydrogen (secondary N) is 5. The molecule has 0 bridgehead atoms. The number of anilines is 1. The molecule has 1 fully saturated rings. The Morgan fingerprint density at radius 1 is 0.907 bits per heavy atom. The minimum atomic E-state index is -1.03. The second kappa shape index (κ2) is 17.5. The Kier molecular flexibility index (Phi) is 13.4. The van der Waals surface area contributed by atoms with Crippen LogP contribution in [0.25, 0.3) is 5.69 Å². The number of carbonyl (C=O) groups is 5. The molecule has 234 valence electrons. The van der Waals surface area contributed by atoms with E-state index >= 15 is 0 Å². The summed E-state index contributed by atoms with van der Waals surface area (Å²) in [6, 6.07) is 5.71. The highest BCUT2D eigenvalue weighted by atomic mass is 16.5. The lowest BCUT2D eigenvalue weighted by Crippen LogP contribution is -2.32. The minimum Gasteiger partial charge on any atom is -0.478 e. The van der Waals surface area contributed by atoms with Crippen LogP contribution in [0.2, 0.25) is 0 Å². The van der Waals surface area contributed by atoms with Crippen molar-refractivity contribution in [2.24, 2.45) is 0 Å². The van der Waals surface area contributed by atoms with Gasteiger partial charge in [-0.15, -0.1) is 0 Å². The lowest BCUT2D eigenvalue weighted by Gasteiger charge is -2.13. The summed E-state index contributed by atoms with van der Waals surface area (Å²) in [5.41, 5.74) is 0.708. The topological polar surface area (TPSA) is 196 Å². The zero-order valence-electron chi connectivity index (χ0n) is 24.5. The number of hydrogen-bond donors (Lipinski definition) is 6. The van der Waals surface area contributed by atoms with Crippen LogP contribution >= 0.6 is 0 Å². The van der Waals surface area contributed by atoms with Gasteiger partial charge in [0.25, 0.3) is 6.20 Å². The van der Waals surface area contributed by atoms with Crippen molar-refractivity contribution >= 4 is 35.6 Å². The van der Waals surface area contributed by atoms with Crippen LogP contribution in [0.5, 0.6) is 0 Å². The van der Waals surface area contributed by atoms with Gasteiger partial charge < -0.3 is 26.4 Å². The fourth-order valence-corrected chi connectivity index (χ4v) is 4.68. The molecule has 6 N–H and O–H groups in total. The number of carboxylic acid groups (broad SMARTS) is 1. The zero-order valence-corrected chi connectivity index (χ0v) is 24.5. The highest BCUT2D eigenvalue weighted by Crippen LogP contribution is 2.12. The van der Waals surface area contributed by atoms with E-state index in [1.54, 1.807) is 12.1 Å². The average molecular weight is 601 g/mol. The quantitative estimate of drug-likeness (QED) is 0.105. The molecule has 0 aliphatic carbocycles. The van der Waals surface area contributed by atoms with Crippen molar-refractivity contribution in [3.8, 4) is 5.69 Å². The van der Waals surface area contributed by atoms with Gasteiger partial charge in [0.15, 0.2) is 0 Å². The fraction of sp³-hybridized carbons (Fsp3) is 0.552. The summed E-state index contributed by atoms with van der Waals surface area (Å²) in [5, 5.41) is 26.6. The Morgan fingerprint density at radius 2 is 1.60 bits per heavy atom. The molecule has 1 aromatic carbocycles. The predicted octanol–water partition coefficient (Wildman–Crippen LogP) is 2.82. The van der Waals surface area contributed by atoms with Crippen LogP contribution < -0.4 is 31.3 Å². The molecule has 3 rings (SSSR count). The van der Waals surface area contributed by atoms with Crippen molar-refractivity contribution in [2.45, 2.75) is 89.6 Å². The monoisotopic (exact) mass is 600 g/mol. The highest BCUT2D eigenvalue weighted by molar-refractivity contribution is 5.88. The molecule has 43 heavy (non-hydrogen) atoms. The van der Waals surface area contributed by atoms with Gasteiger partial charge in [0, 0.05) is 50.5 Å². The fourth-order valence-electron chi connectivity index (χ4n) is 4.68. The largest absolute Gasteiger partial charge is 0.478 e. The lowest BCUT2D eigenvalue weighted by molar-refractivity contribution is -0.670. The third-order valence-electron chi connectivity index (χ3n) is 7.15. The van der Waals surface area contributed by atoms with Gasteiger partial charge in [-0.2, -0.15) is 0 Å². The summed E-state index contributed by atoms with van der Waals surface area (Å²) in [5.74, 6) is -0.743. The first-order chi connectivity index (χ1) is 20.7. The predicted molar refractivity (Wildman–Crippen MR) is 156 cm³/mol. The highest BCUT2D eigenvalue weighted by Gasteiger charge is 2.26. The molecule has 1 aliphatic rings. The molecular weight excluding hydrogens is 558 g/mol.